The maximum absolute atomic E-state index is 12.7. The molecule has 0 spiro atoms. The number of benzene rings is 1. The van der Waals surface area contributed by atoms with Crippen LogP contribution in [-0.2, 0) is 10.8 Å². The van der Waals surface area contributed by atoms with Gasteiger partial charge in [0.2, 0.25) is 0 Å². The molecule has 0 aromatic heterocycles. The van der Waals surface area contributed by atoms with E-state index in [1.54, 1.807) is 0 Å². The molecule has 0 saturated carbocycles. The Morgan fingerprint density at radius 3 is 2.33 bits per heavy atom. The molecule has 0 unspecified atom stereocenters. The zero-order valence-corrected chi connectivity index (χ0v) is 10.7. The van der Waals surface area contributed by atoms with Crippen LogP contribution in [0.1, 0.15) is 12.5 Å². The summed E-state index contributed by atoms with van der Waals surface area (Å²) in [6, 6.07) is 7.83. The van der Waals surface area contributed by atoms with Crippen molar-refractivity contribution in [2.75, 3.05) is 6.61 Å². The van der Waals surface area contributed by atoms with E-state index in [0.717, 1.165) is 19.1 Å². The Morgan fingerprint density at radius 1 is 1.20 bits per heavy atom. The normalized spacial score (nSPS) is 11.7. The molecule has 1 aromatic carbocycles. The van der Waals surface area contributed by atoms with Crippen LogP contribution in [0.3, 0.4) is 0 Å². The Morgan fingerprint density at radius 2 is 1.80 bits per heavy atom. The Kier molecular flexibility index (Phi) is 4.48. The van der Waals surface area contributed by atoms with Crippen molar-refractivity contribution >= 4 is 8.32 Å². The summed E-state index contributed by atoms with van der Waals surface area (Å²) in [7, 11) is -1.49. The highest BCUT2D eigenvalue weighted by Gasteiger charge is 2.20. The monoisotopic (exact) mass is 226 g/mol. The second-order valence-electron chi connectivity index (χ2n) is 4.32. The van der Waals surface area contributed by atoms with Crippen molar-refractivity contribution in [1.82, 2.24) is 0 Å². The van der Waals surface area contributed by atoms with Crippen LogP contribution in [0.25, 0.3) is 0 Å². The van der Waals surface area contributed by atoms with Crippen LogP contribution in [0.2, 0.25) is 19.1 Å². The van der Waals surface area contributed by atoms with E-state index in [2.05, 4.69) is 13.1 Å². The quantitative estimate of drug-likeness (QED) is 0.697. The second kappa shape index (κ2) is 5.42. The minimum atomic E-state index is -1.49. The minimum absolute atomic E-state index is 0.167. The zero-order valence-electron chi connectivity index (χ0n) is 9.72. The van der Waals surface area contributed by atoms with Crippen molar-refractivity contribution in [3.05, 3.63) is 35.6 Å². The van der Waals surface area contributed by atoms with E-state index < -0.39 is 8.32 Å². The van der Waals surface area contributed by atoms with E-state index >= 15 is 0 Å². The van der Waals surface area contributed by atoms with Gasteiger partial charge in [-0.15, -0.1) is 0 Å². The molecule has 0 bridgehead atoms. The summed E-state index contributed by atoms with van der Waals surface area (Å²) in [4.78, 5) is 0. The first-order valence-corrected chi connectivity index (χ1v) is 8.53. The molecule has 0 aliphatic carbocycles. The molecule has 3 heteroatoms. The van der Waals surface area contributed by atoms with E-state index in [1.165, 1.54) is 17.7 Å². The van der Waals surface area contributed by atoms with Gasteiger partial charge in [-0.25, -0.2) is 4.39 Å². The third kappa shape index (κ3) is 4.58. The Balaban J connectivity index is 2.46. The molecule has 0 radical (unpaired) electrons. The minimum Gasteiger partial charge on any atom is -0.418 e. The molecule has 0 amide bonds. The maximum Gasteiger partial charge on any atom is 0.187 e. The standard InChI is InChI=1S/C12H19FOSi/c1-4-14-15(2,3)10-9-11-5-7-12(13)8-6-11/h5-8H,4,9-10H2,1-3H3. The van der Waals surface area contributed by atoms with Gasteiger partial charge < -0.3 is 4.43 Å². The summed E-state index contributed by atoms with van der Waals surface area (Å²) in [5.41, 5.74) is 1.19. The molecular formula is C12H19FOSi. The van der Waals surface area contributed by atoms with Crippen LogP contribution < -0.4 is 0 Å². The molecule has 0 aliphatic rings. The van der Waals surface area contributed by atoms with E-state index in [4.69, 9.17) is 4.43 Å². The highest BCUT2D eigenvalue weighted by molar-refractivity contribution is 6.71. The van der Waals surface area contributed by atoms with E-state index in [1.807, 2.05) is 19.1 Å². The maximum atomic E-state index is 12.7. The molecule has 0 fully saturated rings. The van der Waals surface area contributed by atoms with Crippen LogP contribution in [-0.4, -0.2) is 14.9 Å². The third-order valence-electron chi connectivity index (χ3n) is 2.46. The van der Waals surface area contributed by atoms with Crippen LogP contribution in [0.5, 0.6) is 0 Å². The number of rotatable bonds is 5. The predicted molar refractivity (Wildman–Crippen MR) is 64.0 cm³/mol. The lowest BCUT2D eigenvalue weighted by Crippen LogP contribution is -2.30. The van der Waals surface area contributed by atoms with Gasteiger partial charge >= 0.3 is 0 Å². The highest BCUT2D eigenvalue weighted by atomic mass is 28.4. The average molecular weight is 226 g/mol. The van der Waals surface area contributed by atoms with Crippen molar-refractivity contribution in [2.45, 2.75) is 32.5 Å². The topological polar surface area (TPSA) is 9.23 Å². The molecular weight excluding hydrogens is 207 g/mol. The van der Waals surface area contributed by atoms with Gasteiger partial charge in [0.15, 0.2) is 8.32 Å². The molecule has 1 nitrogen and oxygen atoms in total. The van der Waals surface area contributed by atoms with Crippen molar-refractivity contribution in [2.24, 2.45) is 0 Å². The van der Waals surface area contributed by atoms with Crippen LogP contribution in [0.15, 0.2) is 24.3 Å². The molecule has 1 rings (SSSR count). The van der Waals surface area contributed by atoms with Crippen molar-refractivity contribution in [3.8, 4) is 0 Å². The molecule has 0 saturated heterocycles. The van der Waals surface area contributed by atoms with Gasteiger partial charge in [-0.05, 0) is 50.2 Å². The lowest BCUT2D eigenvalue weighted by atomic mass is 10.2. The van der Waals surface area contributed by atoms with Crippen LogP contribution in [0, 0.1) is 5.82 Å². The van der Waals surface area contributed by atoms with E-state index in [-0.39, 0.29) is 5.82 Å². The van der Waals surface area contributed by atoms with Gasteiger partial charge in [0.05, 0.1) is 0 Å². The van der Waals surface area contributed by atoms with Crippen LogP contribution >= 0.6 is 0 Å². The summed E-state index contributed by atoms with van der Waals surface area (Å²) in [6.45, 7) is 7.27. The molecule has 84 valence electrons. The lowest BCUT2D eigenvalue weighted by molar-refractivity contribution is 0.329. The second-order valence-corrected chi connectivity index (χ2v) is 8.63. The first kappa shape index (κ1) is 12.4. The Labute approximate surface area is 92.4 Å². The first-order valence-electron chi connectivity index (χ1n) is 5.42. The molecule has 0 atom stereocenters. The Hall–Kier alpha value is -0.673. The summed E-state index contributed by atoms with van der Waals surface area (Å²) in [5, 5.41) is 0. The fourth-order valence-electron chi connectivity index (χ4n) is 1.56. The van der Waals surface area contributed by atoms with Gasteiger partial charge in [-0.1, -0.05) is 12.1 Å². The summed E-state index contributed by atoms with van der Waals surface area (Å²) in [5.74, 6) is -0.167. The summed E-state index contributed by atoms with van der Waals surface area (Å²) < 4.78 is 18.4. The first-order chi connectivity index (χ1) is 7.03. The largest absolute Gasteiger partial charge is 0.418 e. The Bertz CT molecular complexity index is 295. The van der Waals surface area contributed by atoms with Crippen LogP contribution in [0.4, 0.5) is 4.39 Å². The summed E-state index contributed by atoms with van der Waals surface area (Å²) in [6.07, 6.45) is 0.986. The molecule has 0 N–H and O–H groups in total. The van der Waals surface area contributed by atoms with E-state index in [0.29, 0.717) is 0 Å². The fraction of sp³-hybridized carbons (Fsp3) is 0.500. The summed E-state index contributed by atoms with van der Waals surface area (Å²) >= 11 is 0. The molecule has 0 heterocycles. The van der Waals surface area contributed by atoms with Gasteiger partial charge in [0.25, 0.3) is 0 Å². The number of hydrogen-bond donors (Lipinski definition) is 0. The van der Waals surface area contributed by atoms with Crippen molar-refractivity contribution in [3.63, 3.8) is 0 Å². The number of aryl methyl sites for hydroxylation is 1. The van der Waals surface area contributed by atoms with E-state index in [9.17, 15) is 4.39 Å². The predicted octanol–water partition coefficient (Wildman–Crippen LogP) is 3.61. The number of hydrogen-bond acceptors (Lipinski definition) is 1. The third-order valence-corrected chi connectivity index (χ3v) is 4.99. The van der Waals surface area contributed by atoms with Crippen molar-refractivity contribution in [1.29, 1.82) is 0 Å². The average Bonchev–Trinajstić information content (AvgIpc) is 2.17. The number of halogens is 1. The van der Waals surface area contributed by atoms with Gasteiger partial charge in [0, 0.05) is 6.61 Å². The lowest BCUT2D eigenvalue weighted by Gasteiger charge is -2.21. The smallest absolute Gasteiger partial charge is 0.187 e. The molecule has 15 heavy (non-hydrogen) atoms. The molecule has 1 aromatic rings. The fourth-order valence-corrected chi connectivity index (χ4v) is 3.38. The van der Waals surface area contributed by atoms with Gasteiger partial charge in [-0.3, -0.25) is 0 Å². The van der Waals surface area contributed by atoms with Gasteiger partial charge in [-0.2, -0.15) is 0 Å². The van der Waals surface area contributed by atoms with Crippen molar-refractivity contribution < 1.29 is 8.82 Å². The SMILES string of the molecule is CCO[Si](C)(C)CCc1ccc(F)cc1. The van der Waals surface area contributed by atoms with Gasteiger partial charge in [0.1, 0.15) is 5.82 Å². The highest BCUT2D eigenvalue weighted by Crippen LogP contribution is 2.15. The molecule has 0 aliphatic heterocycles. The zero-order chi connectivity index (χ0) is 11.3.